The monoisotopic (exact) mass is 332 g/mol. The van der Waals surface area contributed by atoms with Gasteiger partial charge in [0.2, 0.25) is 0 Å². The highest BCUT2D eigenvalue weighted by atomic mass is 15.1. The Hall–Kier alpha value is -2.09. The van der Waals surface area contributed by atoms with Crippen molar-refractivity contribution in [3.05, 3.63) is 66.0 Å². The molecule has 2 aromatic carbocycles. The van der Waals surface area contributed by atoms with Crippen molar-refractivity contribution in [2.75, 3.05) is 0 Å². The molecule has 0 spiro atoms. The summed E-state index contributed by atoms with van der Waals surface area (Å²) in [5.74, 6) is 2.16. The molecule has 1 aliphatic carbocycles. The highest BCUT2D eigenvalue weighted by molar-refractivity contribution is 5.75. The molecule has 1 fully saturated rings. The van der Waals surface area contributed by atoms with Crippen molar-refractivity contribution in [2.45, 2.75) is 57.9 Å². The molecular formula is C23H28N2. The largest absolute Gasteiger partial charge is 0.328 e. The molecule has 0 unspecified atom stereocenters. The average Bonchev–Trinajstić information content (AvgIpc) is 3.04. The quantitative estimate of drug-likeness (QED) is 0.558. The second-order valence-corrected chi connectivity index (χ2v) is 7.45. The van der Waals surface area contributed by atoms with E-state index in [9.17, 15) is 0 Å². The van der Waals surface area contributed by atoms with Crippen molar-refractivity contribution in [2.24, 2.45) is 5.92 Å². The van der Waals surface area contributed by atoms with E-state index in [0.717, 1.165) is 30.8 Å². The molecule has 25 heavy (non-hydrogen) atoms. The first-order valence-corrected chi connectivity index (χ1v) is 9.88. The summed E-state index contributed by atoms with van der Waals surface area (Å²) >= 11 is 0. The van der Waals surface area contributed by atoms with Crippen LogP contribution in [0.25, 0.3) is 11.0 Å². The first kappa shape index (κ1) is 16.4. The van der Waals surface area contributed by atoms with Crippen molar-refractivity contribution in [1.82, 2.24) is 9.55 Å². The Kier molecular flexibility index (Phi) is 5.15. The normalized spacial score (nSPS) is 15.7. The van der Waals surface area contributed by atoms with Crippen molar-refractivity contribution >= 4 is 11.0 Å². The minimum Gasteiger partial charge on any atom is -0.328 e. The maximum Gasteiger partial charge on any atom is 0.110 e. The van der Waals surface area contributed by atoms with Gasteiger partial charge in [-0.15, -0.1) is 0 Å². The molecule has 1 heterocycles. The molecule has 0 N–H and O–H groups in total. The van der Waals surface area contributed by atoms with Gasteiger partial charge in [-0.05, 0) is 36.5 Å². The van der Waals surface area contributed by atoms with Gasteiger partial charge in [0, 0.05) is 13.0 Å². The second-order valence-electron chi connectivity index (χ2n) is 7.45. The smallest absolute Gasteiger partial charge is 0.110 e. The fourth-order valence-electron chi connectivity index (χ4n) is 4.25. The van der Waals surface area contributed by atoms with Crippen LogP contribution >= 0.6 is 0 Å². The Balaban J connectivity index is 1.52. The van der Waals surface area contributed by atoms with Gasteiger partial charge in [0.1, 0.15) is 5.82 Å². The van der Waals surface area contributed by atoms with Crippen LogP contribution in [-0.4, -0.2) is 9.55 Å². The number of rotatable bonds is 6. The van der Waals surface area contributed by atoms with E-state index < -0.39 is 0 Å². The highest BCUT2D eigenvalue weighted by Gasteiger charge is 2.16. The zero-order valence-electron chi connectivity index (χ0n) is 15.0. The fourth-order valence-corrected chi connectivity index (χ4v) is 4.25. The molecule has 1 saturated carbocycles. The van der Waals surface area contributed by atoms with Crippen LogP contribution in [0.4, 0.5) is 0 Å². The lowest BCUT2D eigenvalue weighted by Gasteiger charge is -2.22. The van der Waals surface area contributed by atoms with Crippen molar-refractivity contribution in [3.63, 3.8) is 0 Å². The second kappa shape index (κ2) is 7.86. The maximum atomic E-state index is 4.95. The highest BCUT2D eigenvalue weighted by Crippen LogP contribution is 2.28. The van der Waals surface area contributed by atoms with Gasteiger partial charge in [0.15, 0.2) is 0 Å². The molecule has 0 aliphatic heterocycles. The number of aryl methyl sites for hydroxylation is 3. The van der Waals surface area contributed by atoms with E-state index in [0.29, 0.717) is 0 Å². The summed E-state index contributed by atoms with van der Waals surface area (Å²) in [6, 6.07) is 19.4. The van der Waals surface area contributed by atoms with E-state index in [4.69, 9.17) is 4.98 Å². The third-order valence-electron chi connectivity index (χ3n) is 5.70. The number of hydrogen-bond donors (Lipinski definition) is 0. The summed E-state index contributed by atoms with van der Waals surface area (Å²) in [4.78, 5) is 4.95. The van der Waals surface area contributed by atoms with Gasteiger partial charge < -0.3 is 4.57 Å². The zero-order valence-corrected chi connectivity index (χ0v) is 15.0. The Morgan fingerprint density at radius 1 is 0.840 bits per heavy atom. The van der Waals surface area contributed by atoms with Gasteiger partial charge in [-0.25, -0.2) is 4.98 Å². The van der Waals surface area contributed by atoms with E-state index in [1.54, 1.807) is 0 Å². The summed E-state index contributed by atoms with van der Waals surface area (Å²) in [6.07, 6.45) is 10.5. The SMILES string of the molecule is c1ccc(CCc2nc3ccccc3n2CCC2CCCCC2)cc1. The Morgan fingerprint density at radius 3 is 2.44 bits per heavy atom. The Morgan fingerprint density at radius 2 is 1.60 bits per heavy atom. The summed E-state index contributed by atoms with van der Waals surface area (Å²) in [5, 5.41) is 0. The van der Waals surface area contributed by atoms with Crippen molar-refractivity contribution in [1.29, 1.82) is 0 Å². The third kappa shape index (κ3) is 3.95. The lowest BCUT2D eigenvalue weighted by atomic mass is 9.87. The minimum atomic E-state index is 0.914. The summed E-state index contributed by atoms with van der Waals surface area (Å²) in [7, 11) is 0. The average molecular weight is 332 g/mol. The summed E-state index contributed by atoms with van der Waals surface area (Å²) < 4.78 is 2.49. The molecule has 0 amide bonds. The van der Waals surface area contributed by atoms with Crippen LogP contribution in [0.2, 0.25) is 0 Å². The number of fused-ring (bicyclic) bond motifs is 1. The number of para-hydroxylation sites is 2. The van der Waals surface area contributed by atoms with Crippen LogP contribution in [0.5, 0.6) is 0 Å². The molecule has 3 aromatic rings. The molecule has 2 nitrogen and oxygen atoms in total. The Bertz CT molecular complexity index is 797. The van der Waals surface area contributed by atoms with Gasteiger partial charge in [-0.2, -0.15) is 0 Å². The lowest BCUT2D eigenvalue weighted by molar-refractivity contribution is 0.324. The fraction of sp³-hybridized carbons (Fsp3) is 0.435. The Labute approximate surface area is 150 Å². The number of hydrogen-bond acceptors (Lipinski definition) is 1. The topological polar surface area (TPSA) is 17.8 Å². The van der Waals surface area contributed by atoms with E-state index in [2.05, 4.69) is 59.2 Å². The van der Waals surface area contributed by atoms with Crippen LogP contribution in [0, 0.1) is 5.92 Å². The van der Waals surface area contributed by atoms with E-state index >= 15 is 0 Å². The van der Waals surface area contributed by atoms with E-state index in [1.807, 2.05) is 0 Å². The molecule has 2 heteroatoms. The van der Waals surface area contributed by atoms with Crippen molar-refractivity contribution < 1.29 is 0 Å². The molecule has 0 saturated heterocycles. The molecule has 1 aliphatic rings. The number of nitrogens with zero attached hydrogens (tertiary/aromatic N) is 2. The summed E-state index contributed by atoms with van der Waals surface area (Å²) in [5.41, 5.74) is 3.85. The van der Waals surface area contributed by atoms with Crippen molar-refractivity contribution in [3.8, 4) is 0 Å². The number of imidazole rings is 1. The van der Waals surface area contributed by atoms with Crippen LogP contribution in [0.15, 0.2) is 54.6 Å². The van der Waals surface area contributed by atoms with Gasteiger partial charge in [-0.1, -0.05) is 74.6 Å². The first-order valence-electron chi connectivity index (χ1n) is 9.88. The molecule has 4 rings (SSSR count). The van der Waals surface area contributed by atoms with E-state index in [1.165, 1.54) is 55.4 Å². The third-order valence-corrected chi connectivity index (χ3v) is 5.70. The number of benzene rings is 2. The van der Waals surface area contributed by atoms with Gasteiger partial charge in [-0.3, -0.25) is 0 Å². The summed E-state index contributed by atoms with van der Waals surface area (Å²) in [6.45, 7) is 1.12. The molecule has 0 atom stereocenters. The molecular weight excluding hydrogens is 304 g/mol. The van der Waals surface area contributed by atoms with Gasteiger partial charge >= 0.3 is 0 Å². The van der Waals surface area contributed by atoms with Crippen LogP contribution in [-0.2, 0) is 19.4 Å². The van der Waals surface area contributed by atoms with Crippen LogP contribution in [0.1, 0.15) is 49.9 Å². The minimum absolute atomic E-state index is 0.914. The standard InChI is InChI=1S/C23H28N2/c1-3-9-19(10-4-1)15-16-23-24-21-13-7-8-14-22(21)25(23)18-17-20-11-5-2-6-12-20/h1,3-4,7-10,13-14,20H,2,5-6,11-12,15-18H2. The van der Waals surface area contributed by atoms with Gasteiger partial charge in [0.25, 0.3) is 0 Å². The first-order chi connectivity index (χ1) is 12.4. The van der Waals surface area contributed by atoms with Crippen LogP contribution < -0.4 is 0 Å². The number of aromatic nitrogens is 2. The predicted molar refractivity (Wildman–Crippen MR) is 105 cm³/mol. The van der Waals surface area contributed by atoms with E-state index in [-0.39, 0.29) is 0 Å². The molecule has 0 radical (unpaired) electrons. The van der Waals surface area contributed by atoms with Gasteiger partial charge in [0.05, 0.1) is 11.0 Å². The predicted octanol–water partition coefficient (Wildman–Crippen LogP) is 5.79. The molecule has 130 valence electrons. The molecule has 0 bridgehead atoms. The lowest BCUT2D eigenvalue weighted by Crippen LogP contribution is -2.12. The van der Waals surface area contributed by atoms with Crippen LogP contribution in [0.3, 0.4) is 0 Å². The zero-order chi connectivity index (χ0) is 16.9. The molecule has 1 aromatic heterocycles. The maximum absolute atomic E-state index is 4.95.